The first-order valence-corrected chi connectivity index (χ1v) is 9.24. The van der Waals surface area contributed by atoms with Crippen LogP contribution in [0.15, 0.2) is 23.1 Å². The molecule has 0 radical (unpaired) electrons. The first-order valence-electron chi connectivity index (χ1n) is 7.80. The van der Waals surface area contributed by atoms with Crippen molar-refractivity contribution in [3.05, 3.63) is 23.8 Å². The van der Waals surface area contributed by atoms with E-state index in [9.17, 15) is 13.2 Å². The minimum atomic E-state index is -3.77. The summed E-state index contributed by atoms with van der Waals surface area (Å²) in [7, 11) is 0.667. The minimum Gasteiger partial charge on any atom is -0.478 e. The monoisotopic (exact) mass is 358 g/mol. The number of ether oxygens (including phenoxy) is 1. The molecule has 1 aromatic rings. The van der Waals surface area contributed by atoms with Crippen molar-refractivity contribution in [1.29, 1.82) is 0 Å². The number of carboxylic acids is 1. The molecule has 0 aliphatic carbocycles. The fourth-order valence-corrected chi connectivity index (χ4v) is 3.26. The highest BCUT2D eigenvalue weighted by molar-refractivity contribution is 7.89. The van der Waals surface area contributed by atoms with Crippen molar-refractivity contribution in [2.75, 3.05) is 33.1 Å². The Balaban J connectivity index is 3.11. The van der Waals surface area contributed by atoms with Crippen LogP contribution in [0.25, 0.3) is 0 Å². The molecule has 0 aliphatic rings. The zero-order valence-electron chi connectivity index (χ0n) is 14.6. The third-order valence-electron chi connectivity index (χ3n) is 3.72. The topological polar surface area (TPSA) is 95.9 Å². The average Bonchev–Trinajstić information content (AvgIpc) is 2.54. The third kappa shape index (κ3) is 5.19. The zero-order valence-corrected chi connectivity index (χ0v) is 15.4. The van der Waals surface area contributed by atoms with Gasteiger partial charge in [-0.3, -0.25) is 0 Å². The smallest absolute Gasteiger partial charge is 0.335 e. The SMILES string of the molecule is CCCCC(CNc1ccc(C(=O)O)cc1S(=O)(=O)N(C)C)OC. The van der Waals surface area contributed by atoms with Crippen LogP contribution in [0.2, 0.25) is 0 Å². The van der Waals surface area contributed by atoms with Gasteiger partial charge in [0.2, 0.25) is 10.0 Å². The van der Waals surface area contributed by atoms with Crippen LogP contribution < -0.4 is 5.32 Å². The number of benzene rings is 1. The molecular weight excluding hydrogens is 332 g/mol. The largest absolute Gasteiger partial charge is 0.478 e. The fraction of sp³-hybridized carbons (Fsp3) is 0.562. The molecule has 0 aromatic heterocycles. The molecule has 7 nitrogen and oxygen atoms in total. The lowest BCUT2D eigenvalue weighted by Crippen LogP contribution is -2.26. The molecule has 1 rings (SSSR count). The summed E-state index contributed by atoms with van der Waals surface area (Å²) in [4.78, 5) is 11.1. The van der Waals surface area contributed by atoms with E-state index >= 15 is 0 Å². The van der Waals surface area contributed by atoms with Gasteiger partial charge in [-0.2, -0.15) is 0 Å². The van der Waals surface area contributed by atoms with Crippen molar-refractivity contribution in [3.63, 3.8) is 0 Å². The van der Waals surface area contributed by atoms with Gasteiger partial charge in [-0.15, -0.1) is 0 Å². The maximum Gasteiger partial charge on any atom is 0.335 e. The number of hydrogen-bond acceptors (Lipinski definition) is 5. The second-order valence-corrected chi connectivity index (χ2v) is 7.80. The lowest BCUT2D eigenvalue weighted by atomic mass is 10.1. The van der Waals surface area contributed by atoms with Crippen LogP contribution in [0, 0.1) is 0 Å². The predicted molar refractivity (Wildman–Crippen MR) is 93.1 cm³/mol. The van der Waals surface area contributed by atoms with Crippen LogP contribution in [-0.4, -0.2) is 57.7 Å². The highest BCUT2D eigenvalue weighted by Crippen LogP contribution is 2.25. The summed E-state index contributed by atoms with van der Waals surface area (Å²) < 4.78 is 31.4. The molecule has 0 bridgehead atoms. The minimum absolute atomic E-state index is 0.0426. The Morgan fingerprint density at radius 2 is 2.04 bits per heavy atom. The van der Waals surface area contributed by atoms with Gasteiger partial charge >= 0.3 is 5.97 Å². The van der Waals surface area contributed by atoms with Crippen molar-refractivity contribution in [2.45, 2.75) is 37.2 Å². The Morgan fingerprint density at radius 1 is 1.38 bits per heavy atom. The molecular formula is C16H26N2O5S. The lowest BCUT2D eigenvalue weighted by Gasteiger charge is -2.20. The summed E-state index contributed by atoms with van der Waals surface area (Å²) in [5, 5.41) is 12.2. The van der Waals surface area contributed by atoms with Crippen molar-refractivity contribution in [3.8, 4) is 0 Å². The Morgan fingerprint density at radius 3 is 2.54 bits per heavy atom. The average molecular weight is 358 g/mol. The number of methoxy groups -OCH3 is 1. The Kier molecular flexibility index (Phi) is 7.65. The molecule has 1 unspecified atom stereocenters. The summed E-state index contributed by atoms with van der Waals surface area (Å²) in [5.41, 5.74) is 0.294. The number of hydrogen-bond donors (Lipinski definition) is 2. The van der Waals surface area contributed by atoms with Crippen LogP contribution in [0.3, 0.4) is 0 Å². The zero-order chi connectivity index (χ0) is 18.3. The molecule has 1 atom stereocenters. The van der Waals surface area contributed by atoms with E-state index in [1.165, 1.54) is 32.3 Å². The van der Waals surface area contributed by atoms with E-state index in [0.29, 0.717) is 12.2 Å². The van der Waals surface area contributed by atoms with E-state index in [2.05, 4.69) is 12.2 Å². The molecule has 24 heavy (non-hydrogen) atoms. The summed E-state index contributed by atoms with van der Waals surface area (Å²) in [6.07, 6.45) is 2.89. The summed E-state index contributed by atoms with van der Waals surface area (Å²) in [5.74, 6) is -1.17. The van der Waals surface area contributed by atoms with Gasteiger partial charge in [-0.05, 0) is 24.6 Å². The van der Waals surface area contributed by atoms with Crippen LogP contribution in [0.1, 0.15) is 36.5 Å². The lowest BCUT2D eigenvalue weighted by molar-refractivity contribution is 0.0696. The van der Waals surface area contributed by atoms with Crippen molar-refractivity contribution >= 4 is 21.7 Å². The molecule has 0 saturated carbocycles. The first-order chi connectivity index (χ1) is 11.2. The van der Waals surface area contributed by atoms with Gasteiger partial charge < -0.3 is 15.2 Å². The summed E-state index contributed by atoms with van der Waals surface area (Å²) in [6, 6.07) is 4.04. The molecule has 0 spiro atoms. The van der Waals surface area contributed by atoms with Gasteiger partial charge in [-0.25, -0.2) is 17.5 Å². The Hall–Kier alpha value is -1.64. The fourth-order valence-electron chi connectivity index (χ4n) is 2.17. The molecule has 0 amide bonds. The number of aromatic carboxylic acids is 1. The number of rotatable bonds is 10. The highest BCUT2D eigenvalue weighted by Gasteiger charge is 2.23. The number of anilines is 1. The van der Waals surface area contributed by atoms with E-state index in [1.54, 1.807) is 7.11 Å². The van der Waals surface area contributed by atoms with E-state index in [1.807, 2.05) is 0 Å². The predicted octanol–water partition coefficient (Wildman–Crippen LogP) is 2.25. The van der Waals surface area contributed by atoms with Crippen molar-refractivity contribution in [2.24, 2.45) is 0 Å². The summed E-state index contributed by atoms with van der Waals surface area (Å²) in [6.45, 7) is 2.53. The number of nitrogens with one attached hydrogen (secondary N) is 1. The van der Waals surface area contributed by atoms with Crippen LogP contribution in [0.4, 0.5) is 5.69 Å². The van der Waals surface area contributed by atoms with Gasteiger partial charge in [0.25, 0.3) is 0 Å². The third-order valence-corrected chi connectivity index (χ3v) is 5.58. The van der Waals surface area contributed by atoms with Crippen molar-refractivity contribution in [1.82, 2.24) is 4.31 Å². The van der Waals surface area contributed by atoms with E-state index < -0.39 is 16.0 Å². The van der Waals surface area contributed by atoms with Gasteiger partial charge in [0.1, 0.15) is 4.90 Å². The second kappa shape index (κ2) is 9.00. The molecule has 0 aliphatic heterocycles. The quantitative estimate of drug-likeness (QED) is 0.666. The Bertz CT molecular complexity index is 658. The molecule has 136 valence electrons. The van der Waals surface area contributed by atoms with E-state index in [0.717, 1.165) is 23.6 Å². The van der Waals surface area contributed by atoms with Crippen molar-refractivity contribution < 1.29 is 23.1 Å². The van der Waals surface area contributed by atoms with E-state index in [4.69, 9.17) is 9.84 Å². The molecule has 1 aromatic carbocycles. The highest BCUT2D eigenvalue weighted by atomic mass is 32.2. The maximum absolute atomic E-state index is 12.5. The van der Waals surface area contributed by atoms with Crippen LogP contribution in [0.5, 0.6) is 0 Å². The Labute approximate surface area is 143 Å². The van der Waals surface area contributed by atoms with Gasteiger partial charge in [0, 0.05) is 27.7 Å². The van der Waals surface area contributed by atoms with Crippen LogP contribution >= 0.6 is 0 Å². The number of nitrogens with zero attached hydrogens (tertiary/aromatic N) is 1. The van der Waals surface area contributed by atoms with Gasteiger partial charge in [0.05, 0.1) is 17.4 Å². The van der Waals surface area contributed by atoms with E-state index in [-0.39, 0.29) is 16.6 Å². The second-order valence-electron chi connectivity index (χ2n) is 5.68. The molecule has 0 heterocycles. The number of sulfonamides is 1. The summed E-state index contributed by atoms with van der Waals surface area (Å²) >= 11 is 0. The molecule has 8 heteroatoms. The molecule has 0 fully saturated rings. The molecule has 0 saturated heterocycles. The number of unbranched alkanes of at least 4 members (excludes halogenated alkanes) is 1. The number of carboxylic acid groups (broad SMARTS) is 1. The standard InChI is InChI=1S/C16H26N2O5S/c1-5-6-7-13(23-4)11-17-14-9-8-12(16(19)20)10-15(14)24(21,22)18(2)3/h8-10,13,17H,5-7,11H2,1-4H3,(H,19,20). The maximum atomic E-state index is 12.5. The normalized spacial score (nSPS) is 13.0. The van der Waals surface area contributed by atoms with Gasteiger partial charge in [0.15, 0.2) is 0 Å². The van der Waals surface area contributed by atoms with Crippen LogP contribution in [-0.2, 0) is 14.8 Å². The number of carbonyl (C=O) groups is 1. The first kappa shape index (κ1) is 20.4. The van der Waals surface area contributed by atoms with Gasteiger partial charge in [-0.1, -0.05) is 19.8 Å². The molecule has 2 N–H and O–H groups in total.